The summed E-state index contributed by atoms with van der Waals surface area (Å²) in [5, 5.41) is 11.7. The lowest BCUT2D eigenvalue weighted by atomic mass is 9.92. The molecule has 2 amide bonds. The summed E-state index contributed by atoms with van der Waals surface area (Å²) in [5.41, 5.74) is 0.0888. The Hall–Kier alpha value is -2.45. The average Bonchev–Trinajstić information content (AvgIpc) is 2.90. The van der Waals surface area contributed by atoms with Crippen molar-refractivity contribution in [2.45, 2.75) is 32.5 Å². The number of carbonyl (C=O) groups excluding carboxylic acids is 3. The number of rotatable bonds is 11. The minimum Gasteiger partial charge on any atom is -0.392 e. The summed E-state index contributed by atoms with van der Waals surface area (Å²) in [6.07, 6.45) is 7.39. The van der Waals surface area contributed by atoms with Gasteiger partial charge in [0.15, 0.2) is 0 Å². The summed E-state index contributed by atoms with van der Waals surface area (Å²) in [4.78, 5) is 37.8. The molecule has 0 aromatic rings. The van der Waals surface area contributed by atoms with E-state index in [9.17, 15) is 14.4 Å². The van der Waals surface area contributed by atoms with E-state index in [1.807, 2.05) is 13.8 Å². The molecular weight excluding hydrogens is 346 g/mol. The number of hydrogen-bond acceptors (Lipinski definition) is 6. The first kappa shape index (κ1) is 22.6. The second-order valence-electron chi connectivity index (χ2n) is 6.87. The number of amides is 2. The number of hydrogen-bond donors (Lipinski definition) is 4. The predicted molar refractivity (Wildman–Crippen MR) is 105 cm³/mol. The van der Waals surface area contributed by atoms with Crippen molar-refractivity contribution in [3.8, 4) is 0 Å². The molecular formula is C19H31N5O3. The van der Waals surface area contributed by atoms with Gasteiger partial charge in [-0.15, -0.1) is 0 Å². The van der Waals surface area contributed by atoms with Gasteiger partial charge in [0.05, 0.1) is 12.2 Å². The third kappa shape index (κ3) is 6.04. The lowest BCUT2D eigenvalue weighted by molar-refractivity contribution is -0.136. The fourth-order valence-corrected chi connectivity index (χ4v) is 2.89. The molecule has 1 aliphatic rings. The summed E-state index contributed by atoms with van der Waals surface area (Å²) in [7, 11) is 3.45. The summed E-state index contributed by atoms with van der Waals surface area (Å²) < 4.78 is 0. The fourth-order valence-electron chi connectivity index (χ4n) is 2.89. The summed E-state index contributed by atoms with van der Waals surface area (Å²) in [5.74, 6) is -0.317. The van der Waals surface area contributed by atoms with Gasteiger partial charge in [0.1, 0.15) is 18.5 Å². The number of likely N-dealkylation sites (tertiary alicyclic amines) is 1. The van der Waals surface area contributed by atoms with E-state index in [4.69, 9.17) is 0 Å². The third-order valence-electron chi connectivity index (χ3n) is 4.41. The normalized spacial score (nSPS) is 19.0. The molecule has 27 heavy (non-hydrogen) atoms. The summed E-state index contributed by atoms with van der Waals surface area (Å²) in [6.45, 7) is 8.06. The number of nitrogens with zero attached hydrogens (tertiary/aromatic N) is 1. The molecule has 0 aromatic carbocycles. The Labute approximate surface area is 161 Å². The predicted octanol–water partition coefficient (Wildman–Crippen LogP) is -0.133. The molecule has 1 fully saturated rings. The minimum atomic E-state index is -0.711. The quantitative estimate of drug-likeness (QED) is 0.295. The first-order valence-electron chi connectivity index (χ1n) is 8.95. The molecule has 1 saturated heterocycles. The monoisotopic (exact) mass is 377 g/mol. The molecule has 0 aliphatic carbocycles. The van der Waals surface area contributed by atoms with Gasteiger partial charge in [-0.2, -0.15) is 0 Å². The van der Waals surface area contributed by atoms with Crippen LogP contribution in [-0.2, 0) is 14.4 Å². The van der Waals surface area contributed by atoms with Crippen LogP contribution in [0.5, 0.6) is 0 Å². The Kier molecular flexibility index (Phi) is 8.90. The van der Waals surface area contributed by atoms with Crippen LogP contribution < -0.4 is 21.3 Å². The Morgan fingerprint density at radius 2 is 2.07 bits per heavy atom. The van der Waals surface area contributed by atoms with Crippen molar-refractivity contribution in [1.29, 1.82) is 0 Å². The van der Waals surface area contributed by atoms with E-state index in [0.717, 1.165) is 6.42 Å². The molecule has 150 valence electrons. The summed E-state index contributed by atoms with van der Waals surface area (Å²) in [6, 6.07) is -0.711. The van der Waals surface area contributed by atoms with Crippen molar-refractivity contribution in [3.63, 3.8) is 0 Å². The second kappa shape index (κ2) is 10.6. The Balaban J connectivity index is 3.01. The van der Waals surface area contributed by atoms with Gasteiger partial charge in [0, 0.05) is 25.2 Å². The highest BCUT2D eigenvalue weighted by Gasteiger charge is 2.42. The van der Waals surface area contributed by atoms with E-state index in [-0.39, 0.29) is 18.4 Å². The molecule has 0 radical (unpaired) electrons. The molecule has 4 N–H and O–H groups in total. The van der Waals surface area contributed by atoms with Crippen molar-refractivity contribution in [2.75, 3.05) is 27.2 Å². The standard InChI is InChI=1S/C19H31N5O3/c1-6-7-8-14(22-10-12-25)17(26)23-15(13-20-4)16(21-5)24-11-9-19(2,3)18(24)27/h6-8,12-14,16,20-22H,1,9-11H2,2-5H3,(H,23,26)/b8-7-,15-13+. The van der Waals surface area contributed by atoms with Crippen LogP contribution in [0.2, 0.25) is 0 Å². The molecule has 8 heteroatoms. The average molecular weight is 377 g/mol. The molecule has 0 aromatic heterocycles. The lowest BCUT2D eigenvalue weighted by Gasteiger charge is -2.31. The SMILES string of the molecule is C=C/C=C\C(NCC=O)C(=O)N/C(=C/NC)C(NC)N1CCC(C)(C)C1=O. The van der Waals surface area contributed by atoms with E-state index in [1.165, 1.54) is 0 Å². The van der Waals surface area contributed by atoms with E-state index in [0.29, 0.717) is 18.5 Å². The van der Waals surface area contributed by atoms with Gasteiger partial charge in [-0.05, 0) is 13.5 Å². The van der Waals surface area contributed by atoms with Gasteiger partial charge in [-0.25, -0.2) is 0 Å². The van der Waals surface area contributed by atoms with Crippen LogP contribution in [0, 0.1) is 5.41 Å². The molecule has 1 rings (SSSR count). The van der Waals surface area contributed by atoms with Crippen molar-refractivity contribution in [1.82, 2.24) is 26.2 Å². The van der Waals surface area contributed by atoms with Crippen LogP contribution in [0.15, 0.2) is 36.7 Å². The molecule has 2 unspecified atom stereocenters. The zero-order valence-electron chi connectivity index (χ0n) is 16.5. The van der Waals surface area contributed by atoms with Crippen molar-refractivity contribution in [3.05, 3.63) is 36.7 Å². The topological polar surface area (TPSA) is 103 Å². The molecule has 1 heterocycles. The Bertz CT molecular complexity index is 612. The molecule has 8 nitrogen and oxygen atoms in total. The second-order valence-corrected chi connectivity index (χ2v) is 6.87. The molecule has 1 aliphatic heterocycles. The van der Waals surface area contributed by atoms with Crippen LogP contribution in [-0.4, -0.2) is 62.4 Å². The van der Waals surface area contributed by atoms with Crippen molar-refractivity contribution in [2.24, 2.45) is 5.41 Å². The van der Waals surface area contributed by atoms with Gasteiger partial charge in [0.2, 0.25) is 11.8 Å². The van der Waals surface area contributed by atoms with E-state index in [1.54, 1.807) is 43.4 Å². The summed E-state index contributed by atoms with van der Waals surface area (Å²) >= 11 is 0. The fraction of sp³-hybridized carbons (Fsp3) is 0.526. The molecule has 0 saturated carbocycles. The van der Waals surface area contributed by atoms with Crippen LogP contribution in [0.4, 0.5) is 0 Å². The first-order valence-corrected chi connectivity index (χ1v) is 8.95. The van der Waals surface area contributed by atoms with E-state index < -0.39 is 17.6 Å². The number of aldehydes is 1. The number of carbonyl (C=O) groups is 3. The van der Waals surface area contributed by atoms with Crippen LogP contribution >= 0.6 is 0 Å². The van der Waals surface area contributed by atoms with Crippen molar-refractivity contribution < 1.29 is 14.4 Å². The van der Waals surface area contributed by atoms with Crippen LogP contribution in [0.25, 0.3) is 0 Å². The molecule has 0 spiro atoms. The number of nitrogens with one attached hydrogen (secondary N) is 4. The van der Waals surface area contributed by atoms with E-state index >= 15 is 0 Å². The Morgan fingerprint density at radius 1 is 1.37 bits per heavy atom. The van der Waals surface area contributed by atoms with Gasteiger partial charge >= 0.3 is 0 Å². The highest BCUT2D eigenvalue weighted by Crippen LogP contribution is 2.32. The molecule has 2 atom stereocenters. The Morgan fingerprint density at radius 3 is 2.56 bits per heavy atom. The highest BCUT2D eigenvalue weighted by molar-refractivity contribution is 5.87. The van der Waals surface area contributed by atoms with E-state index in [2.05, 4.69) is 27.8 Å². The maximum Gasteiger partial charge on any atom is 0.245 e. The smallest absolute Gasteiger partial charge is 0.245 e. The lowest BCUT2D eigenvalue weighted by Crippen LogP contribution is -2.53. The highest BCUT2D eigenvalue weighted by atomic mass is 16.2. The minimum absolute atomic E-state index is 0.0280. The maximum absolute atomic E-state index is 12.7. The first-order chi connectivity index (χ1) is 12.8. The van der Waals surface area contributed by atoms with Crippen LogP contribution in [0.3, 0.4) is 0 Å². The van der Waals surface area contributed by atoms with Gasteiger partial charge in [0.25, 0.3) is 0 Å². The molecule has 0 bridgehead atoms. The zero-order valence-corrected chi connectivity index (χ0v) is 16.5. The number of allylic oxidation sites excluding steroid dienone is 2. The largest absolute Gasteiger partial charge is 0.392 e. The van der Waals surface area contributed by atoms with Gasteiger partial charge in [-0.1, -0.05) is 38.7 Å². The van der Waals surface area contributed by atoms with Gasteiger partial charge < -0.3 is 20.3 Å². The maximum atomic E-state index is 12.7. The zero-order chi connectivity index (χ0) is 20.4. The van der Waals surface area contributed by atoms with Crippen LogP contribution in [0.1, 0.15) is 20.3 Å². The van der Waals surface area contributed by atoms with Gasteiger partial charge in [-0.3, -0.25) is 20.2 Å². The number of likely N-dealkylation sites (N-methyl/N-ethyl adjacent to an activating group) is 1. The van der Waals surface area contributed by atoms with Crippen molar-refractivity contribution >= 4 is 18.1 Å². The third-order valence-corrected chi connectivity index (χ3v) is 4.41.